The van der Waals surface area contributed by atoms with Crippen LogP contribution < -0.4 is 11.0 Å². The lowest BCUT2D eigenvalue weighted by Crippen LogP contribution is -2.37. The van der Waals surface area contributed by atoms with Gasteiger partial charge < -0.3 is 5.32 Å². The van der Waals surface area contributed by atoms with Crippen LogP contribution in [0.1, 0.15) is 39.3 Å². The van der Waals surface area contributed by atoms with E-state index in [-0.39, 0.29) is 5.41 Å². The van der Waals surface area contributed by atoms with Gasteiger partial charge in [-0.25, -0.2) is 14.6 Å². The van der Waals surface area contributed by atoms with Crippen molar-refractivity contribution in [1.82, 2.24) is 29.2 Å². The first-order chi connectivity index (χ1) is 12.8. The second-order valence-corrected chi connectivity index (χ2v) is 7.68. The quantitative estimate of drug-likeness (QED) is 0.698. The Morgan fingerprint density at radius 2 is 2.00 bits per heavy atom. The molecule has 3 rings (SSSR count). The number of aryl methyl sites for hydroxylation is 2. The zero-order valence-electron chi connectivity index (χ0n) is 16.3. The monoisotopic (exact) mass is 370 g/mol. The number of aromatic nitrogens is 5. The average molecular weight is 370 g/mol. The molecule has 3 aromatic heterocycles. The van der Waals surface area contributed by atoms with Gasteiger partial charge in [-0.2, -0.15) is 9.67 Å². The molecule has 144 valence electrons. The normalized spacial score (nSPS) is 11.9. The van der Waals surface area contributed by atoms with E-state index in [0.717, 1.165) is 29.6 Å². The van der Waals surface area contributed by atoms with Crippen molar-refractivity contribution < 1.29 is 4.79 Å². The molecule has 8 nitrogen and oxygen atoms in total. The fourth-order valence-electron chi connectivity index (χ4n) is 2.91. The molecule has 1 amide bonds. The van der Waals surface area contributed by atoms with Gasteiger partial charge >= 0.3 is 11.7 Å². The molecule has 0 saturated heterocycles. The molecule has 0 aliphatic heterocycles. The van der Waals surface area contributed by atoms with Crippen molar-refractivity contribution in [3.8, 4) is 0 Å². The predicted octanol–water partition coefficient (Wildman–Crippen LogP) is 2.27. The third kappa shape index (κ3) is 3.94. The fourth-order valence-corrected chi connectivity index (χ4v) is 2.91. The van der Waals surface area contributed by atoms with Crippen LogP contribution in [0.25, 0.3) is 11.2 Å². The maximum absolute atomic E-state index is 12.4. The molecule has 0 saturated carbocycles. The van der Waals surface area contributed by atoms with Gasteiger partial charge in [0, 0.05) is 37.9 Å². The first-order valence-corrected chi connectivity index (χ1v) is 9.13. The standard InChI is InChI=1S/C19H26N6O2/c1-19(2,3)15-9-13-24(22-15)12-6-5-10-21-17(26)25-16-14(8-7-11-20-16)23(4)18(25)27/h7-9,11,13H,5-6,10,12H2,1-4H3,(H,21,26). The second kappa shape index (κ2) is 7.38. The molecule has 8 heteroatoms. The molecule has 0 unspecified atom stereocenters. The van der Waals surface area contributed by atoms with Gasteiger partial charge in [-0.3, -0.25) is 9.25 Å². The van der Waals surface area contributed by atoms with Gasteiger partial charge in [-0.05, 0) is 31.0 Å². The third-order valence-electron chi connectivity index (χ3n) is 4.52. The van der Waals surface area contributed by atoms with Gasteiger partial charge in [0.25, 0.3) is 0 Å². The van der Waals surface area contributed by atoms with Gasteiger partial charge in [0.2, 0.25) is 0 Å². The zero-order valence-corrected chi connectivity index (χ0v) is 16.3. The molecule has 27 heavy (non-hydrogen) atoms. The number of carbonyl (C=O) groups excluding carboxylic acids is 1. The number of hydrogen-bond donors (Lipinski definition) is 1. The van der Waals surface area contributed by atoms with Crippen molar-refractivity contribution in [2.75, 3.05) is 6.54 Å². The fraction of sp³-hybridized carbons (Fsp3) is 0.474. The molecule has 3 heterocycles. The molecule has 0 spiro atoms. The molecule has 0 atom stereocenters. The van der Waals surface area contributed by atoms with Crippen LogP contribution in [0.15, 0.2) is 35.4 Å². The van der Waals surface area contributed by atoms with E-state index in [1.165, 1.54) is 4.57 Å². The molecule has 0 aliphatic rings. The molecular formula is C19H26N6O2. The number of unbranched alkanes of at least 4 members (excludes halogenated alkanes) is 1. The van der Waals surface area contributed by atoms with E-state index in [2.05, 4.69) is 36.2 Å². The first kappa shape index (κ1) is 18.9. The van der Waals surface area contributed by atoms with E-state index in [1.54, 1.807) is 25.4 Å². The summed E-state index contributed by atoms with van der Waals surface area (Å²) in [5.74, 6) is 0. The topological polar surface area (TPSA) is 86.7 Å². The van der Waals surface area contributed by atoms with E-state index in [9.17, 15) is 9.59 Å². The number of imidazole rings is 1. The number of fused-ring (bicyclic) bond motifs is 1. The largest absolute Gasteiger partial charge is 0.338 e. The summed E-state index contributed by atoms with van der Waals surface area (Å²) in [4.78, 5) is 28.9. The van der Waals surface area contributed by atoms with Gasteiger partial charge in [0.1, 0.15) is 0 Å². The second-order valence-electron chi connectivity index (χ2n) is 7.68. The summed E-state index contributed by atoms with van der Waals surface area (Å²) in [5.41, 5.74) is 1.71. The van der Waals surface area contributed by atoms with E-state index in [1.807, 2.05) is 16.9 Å². The van der Waals surface area contributed by atoms with Crippen molar-refractivity contribution in [3.05, 3.63) is 46.8 Å². The summed E-state index contributed by atoms with van der Waals surface area (Å²) in [6.07, 6.45) is 5.24. The van der Waals surface area contributed by atoms with Crippen molar-refractivity contribution >= 4 is 17.2 Å². The highest BCUT2D eigenvalue weighted by Crippen LogP contribution is 2.19. The van der Waals surface area contributed by atoms with Crippen LogP contribution >= 0.6 is 0 Å². The Hall–Kier alpha value is -2.90. The lowest BCUT2D eigenvalue weighted by atomic mass is 9.93. The molecule has 0 bridgehead atoms. The number of hydrogen-bond acceptors (Lipinski definition) is 4. The Labute approximate surface area is 157 Å². The van der Waals surface area contributed by atoms with Gasteiger partial charge in [0.05, 0.1) is 11.2 Å². The van der Waals surface area contributed by atoms with Crippen molar-refractivity contribution in [2.24, 2.45) is 7.05 Å². The molecule has 3 aromatic rings. The van der Waals surface area contributed by atoms with E-state index in [0.29, 0.717) is 17.7 Å². The van der Waals surface area contributed by atoms with Crippen LogP contribution in [0.2, 0.25) is 0 Å². The Morgan fingerprint density at radius 3 is 2.70 bits per heavy atom. The van der Waals surface area contributed by atoms with Crippen molar-refractivity contribution in [2.45, 2.75) is 45.6 Å². The lowest BCUT2D eigenvalue weighted by Gasteiger charge is -2.14. The molecule has 0 fully saturated rings. The van der Waals surface area contributed by atoms with Gasteiger partial charge in [-0.15, -0.1) is 0 Å². The Morgan fingerprint density at radius 1 is 1.22 bits per heavy atom. The first-order valence-electron chi connectivity index (χ1n) is 9.13. The smallest absolute Gasteiger partial charge is 0.337 e. The van der Waals surface area contributed by atoms with Crippen LogP contribution in [0, 0.1) is 0 Å². The van der Waals surface area contributed by atoms with Crippen molar-refractivity contribution in [3.63, 3.8) is 0 Å². The number of rotatable bonds is 5. The van der Waals surface area contributed by atoms with Crippen LogP contribution in [0.5, 0.6) is 0 Å². The predicted molar refractivity (Wildman–Crippen MR) is 104 cm³/mol. The Balaban J connectivity index is 1.53. The summed E-state index contributed by atoms with van der Waals surface area (Å²) in [6.45, 7) is 7.70. The zero-order chi connectivity index (χ0) is 19.6. The van der Waals surface area contributed by atoms with Crippen molar-refractivity contribution in [1.29, 1.82) is 0 Å². The molecule has 1 N–H and O–H groups in total. The lowest BCUT2D eigenvalue weighted by molar-refractivity contribution is 0.242. The van der Waals surface area contributed by atoms with E-state index in [4.69, 9.17) is 0 Å². The number of nitrogens with zero attached hydrogens (tertiary/aromatic N) is 5. The van der Waals surface area contributed by atoms with E-state index < -0.39 is 11.7 Å². The SMILES string of the molecule is Cn1c(=O)n(C(=O)NCCCCn2ccc(C(C)(C)C)n2)c2ncccc21. The summed E-state index contributed by atoms with van der Waals surface area (Å²) < 4.78 is 4.44. The summed E-state index contributed by atoms with van der Waals surface area (Å²) >= 11 is 0. The van der Waals surface area contributed by atoms with Crippen LogP contribution in [0.3, 0.4) is 0 Å². The van der Waals surface area contributed by atoms with E-state index >= 15 is 0 Å². The minimum Gasteiger partial charge on any atom is -0.337 e. The molecule has 0 radical (unpaired) electrons. The van der Waals surface area contributed by atoms with Gasteiger partial charge in [-0.1, -0.05) is 20.8 Å². The highest BCUT2D eigenvalue weighted by molar-refractivity contribution is 5.87. The van der Waals surface area contributed by atoms with Gasteiger partial charge in [0.15, 0.2) is 5.65 Å². The number of carbonyl (C=O) groups is 1. The average Bonchev–Trinajstić information content (AvgIpc) is 3.19. The maximum Gasteiger partial charge on any atom is 0.338 e. The number of pyridine rings is 1. The molecular weight excluding hydrogens is 344 g/mol. The Bertz CT molecular complexity index is 1010. The van der Waals surface area contributed by atoms with Crippen LogP contribution in [-0.4, -0.2) is 36.5 Å². The third-order valence-corrected chi connectivity index (χ3v) is 4.52. The molecule has 0 aromatic carbocycles. The molecule has 0 aliphatic carbocycles. The minimum absolute atomic E-state index is 0.0407. The van der Waals surface area contributed by atoms with Crippen LogP contribution in [0.4, 0.5) is 4.79 Å². The van der Waals surface area contributed by atoms with Crippen LogP contribution in [-0.2, 0) is 19.0 Å². The number of amides is 1. The number of nitrogens with one attached hydrogen (secondary N) is 1. The maximum atomic E-state index is 12.4. The summed E-state index contributed by atoms with van der Waals surface area (Å²) in [7, 11) is 1.63. The highest BCUT2D eigenvalue weighted by atomic mass is 16.2. The Kier molecular flexibility index (Phi) is 5.16. The highest BCUT2D eigenvalue weighted by Gasteiger charge is 2.17. The minimum atomic E-state index is -0.446. The summed E-state index contributed by atoms with van der Waals surface area (Å²) in [5, 5.41) is 7.39. The summed E-state index contributed by atoms with van der Waals surface area (Å²) in [6, 6.07) is 5.11.